The predicted octanol–water partition coefficient (Wildman–Crippen LogP) is 4.44. The Bertz CT molecular complexity index is 943. The van der Waals surface area contributed by atoms with Crippen LogP contribution in [0.1, 0.15) is 11.1 Å². The number of carbonyl (C=O) groups excluding carboxylic acids is 1. The number of pyridine rings is 1. The number of hydrogen-bond acceptors (Lipinski definition) is 4. The summed E-state index contributed by atoms with van der Waals surface area (Å²) in [6.45, 7) is 2.01. The summed E-state index contributed by atoms with van der Waals surface area (Å²) in [5.74, 6) is 0.110. The molecule has 0 aliphatic heterocycles. The first-order valence-corrected chi connectivity index (χ1v) is 9.04. The number of aromatic nitrogens is 1. The highest BCUT2D eigenvalue weighted by Crippen LogP contribution is 2.21. The van der Waals surface area contributed by atoms with E-state index in [1.807, 2.05) is 49.4 Å². The molecular weight excluding hydrogens is 354 g/mol. The molecule has 0 fully saturated rings. The van der Waals surface area contributed by atoms with Crippen LogP contribution in [0.5, 0.6) is 0 Å². The summed E-state index contributed by atoms with van der Waals surface area (Å²) in [6, 6.07) is 15.3. The number of amides is 1. The van der Waals surface area contributed by atoms with Crippen LogP contribution < -0.4 is 5.43 Å². The van der Waals surface area contributed by atoms with Crippen LogP contribution >= 0.6 is 23.4 Å². The summed E-state index contributed by atoms with van der Waals surface area (Å²) in [7, 11) is 0. The molecule has 0 unspecified atom stereocenters. The molecular formula is C19H16ClN3OS. The zero-order valence-corrected chi connectivity index (χ0v) is 15.1. The molecule has 0 spiro atoms. The van der Waals surface area contributed by atoms with E-state index in [2.05, 4.69) is 15.5 Å². The molecule has 6 heteroatoms. The number of nitrogens with zero attached hydrogens (tertiary/aromatic N) is 2. The third-order valence-electron chi connectivity index (χ3n) is 3.49. The monoisotopic (exact) mass is 369 g/mol. The first-order valence-electron chi connectivity index (χ1n) is 7.67. The fourth-order valence-electron chi connectivity index (χ4n) is 2.39. The highest BCUT2D eigenvalue weighted by molar-refractivity contribution is 8.00. The fourth-order valence-corrected chi connectivity index (χ4v) is 3.40. The molecule has 1 aromatic heterocycles. The van der Waals surface area contributed by atoms with Gasteiger partial charge in [-0.15, -0.1) is 11.8 Å². The van der Waals surface area contributed by atoms with Crippen LogP contribution in [0.2, 0.25) is 5.02 Å². The van der Waals surface area contributed by atoms with Crippen LogP contribution in [0.25, 0.3) is 10.9 Å². The number of hydrogen-bond donors (Lipinski definition) is 1. The maximum absolute atomic E-state index is 11.9. The highest BCUT2D eigenvalue weighted by atomic mass is 35.5. The summed E-state index contributed by atoms with van der Waals surface area (Å²) in [5, 5.41) is 5.74. The normalized spacial score (nSPS) is 11.1. The molecule has 126 valence electrons. The average molecular weight is 370 g/mol. The number of aryl methyl sites for hydroxylation is 1. The van der Waals surface area contributed by atoms with Gasteiger partial charge >= 0.3 is 0 Å². The molecule has 25 heavy (non-hydrogen) atoms. The van der Waals surface area contributed by atoms with Gasteiger partial charge in [-0.3, -0.25) is 9.78 Å². The number of hydrazone groups is 1. The van der Waals surface area contributed by atoms with E-state index in [9.17, 15) is 4.79 Å². The quantitative estimate of drug-likeness (QED) is 0.411. The molecule has 0 aliphatic rings. The maximum atomic E-state index is 11.9. The average Bonchev–Trinajstić information content (AvgIpc) is 2.60. The SMILES string of the molecule is Cc1cc(C=NNC(=O)CSc2cccc(Cl)c2)cc2cccnc12. The van der Waals surface area contributed by atoms with Gasteiger partial charge in [0.25, 0.3) is 0 Å². The lowest BCUT2D eigenvalue weighted by atomic mass is 10.1. The Balaban J connectivity index is 1.58. The third-order valence-corrected chi connectivity index (χ3v) is 4.72. The molecule has 0 bridgehead atoms. The topological polar surface area (TPSA) is 54.4 Å². The third kappa shape index (κ3) is 4.81. The van der Waals surface area contributed by atoms with Crippen molar-refractivity contribution in [1.29, 1.82) is 0 Å². The van der Waals surface area contributed by atoms with Gasteiger partial charge < -0.3 is 0 Å². The van der Waals surface area contributed by atoms with E-state index in [-0.39, 0.29) is 11.7 Å². The molecule has 0 saturated heterocycles. The summed E-state index contributed by atoms with van der Waals surface area (Å²) >= 11 is 7.34. The van der Waals surface area contributed by atoms with Crippen molar-refractivity contribution in [3.63, 3.8) is 0 Å². The van der Waals surface area contributed by atoms with Crippen molar-refractivity contribution in [2.24, 2.45) is 5.10 Å². The molecule has 3 rings (SSSR count). The Kier molecular flexibility index (Phi) is 5.68. The van der Waals surface area contributed by atoms with E-state index >= 15 is 0 Å². The van der Waals surface area contributed by atoms with Crippen LogP contribution in [0.15, 0.2) is 64.7 Å². The van der Waals surface area contributed by atoms with Crippen molar-refractivity contribution < 1.29 is 4.79 Å². The molecule has 2 aromatic carbocycles. The van der Waals surface area contributed by atoms with Gasteiger partial charge in [0.15, 0.2) is 0 Å². The molecule has 0 atom stereocenters. The van der Waals surface area contributed by atoms with E-state index in [1.165, 1.54) is 11.8 Å². The van der Waals surface area contributed by atoms with Crippen molar-refractivity contribution >= 4 is 46.4 Å². The number of benzene rings is 2. The second kappa shape index (κ2) is 8.14. The molecule has 0 aliphatic carbocycles. The zero-order chi connectivity index (χ0) is 17.6. The summed E-state index contributed by atoms with van der Waals surface area (Å²) in [5.41, 5.74) is 5.51. The lowest BCUT2D eigenvalue weighted by Crippen LogP contribution is -2.19. The van der Waals surface area contributed by atoms with E-state index in [4.69, 9.17) is 11.6 Å². The van der Waals surface area contributed by atoms with E-state index in [0.717, 1.165) is 26.9 Å². The van der Waals surface area contributed by atoms with Gasteiger partial charge in [-0.1, -0.05) is 23.7 Å². The van der Waals surface area contributed by atoms with Crippen molar-refractivity contribution in [3.8, 4) is 0 Å². The minimum Gasteiger partial charge on any atom is -0.272 e. The van der Waals surface area contributed by atoms with E-state index < -0.39 is 0 Å². The Labute approximate surface area is 155 Å². The molecule has 1 amide bonds. The lowest BCUT2D eigenvalue weighted by molar-refractivity contribution is -0.118. The number of fused-ring (bicyclic) bond motifs is 1. The van der Waals surface area contributed by atoms with Gasteiger partial charge in [-0.2, -0.15) is 5.10 Å². The van der Waals surface area contributed by atoms with E-state index in [0.29, 0.717) is 5.02 Å². The minimum absolute atomic E-state index is 0.166. The Morgan fingerprint density at radius 3 is 3.00 bits per heavy atom. The molecule has 3 aromatic rings. The number of thioether (sulfide) groups is 1. The number of rotatable bonds is 5. The zero-order valence-electron chi connectivity index (χ0n) is 13.6. The van der Waals surface area contributed by atoms with Crippen molar-refractivity contribution in [3.05, 3.63) is 70.9 Å². The van der Waals surface area contributed by atoms with Gasteiger partial charge in [0.05, 0.1) is 17.5 Å². The van der Waals surface area contributed by atoms with Crippen molar-refractivity contribution in [2.45, 2.75) is 11.8 Å². The van der Waals surface area contributed by atoms with E-state index in [1.54, 1.807) is 18.5 Å². The second-order valence-electron chi connectivity index (χ2n) is 5.45. The van der Waals surface area contributed by atoms with Gasteiger partial charge in [-0.25, -0.2) is 5.43 Å². The number of carbonyl (C=O) groups is 1. The van der Waals surface area contributed by atoms with Crippen LogP contribution in [-0.4, -0.2) is 22.9 Å². The highest BCUT2D eigenvalue weighted by Gasteiger charge is 2.03. The maximum Gasteiger partial charge on any atom is 0.250 e. The second-order valence-corrected chi connectivity index (χ2v) is 6.94. The van der Waals surface area contributed by atoms with Crippen LogP contribution in [0.4, 0.5) is 0 Å². The van der Waals surface area contributed by atoms with Gasteiger partial charge in [0.2, 0.25) is 5.91 Å². The first-order chi connectivity index (χ1) is 12.1. The smallest absolute Gasteiger partial charge is 0.250 e. The first kappa shape index (κ1) is 17.5. The standard InChI is InChI=1S/C19H16ClN3OS/c1-13-8-14(9-15-4-3-7-21-19(13)15)11-22-23-18(24)12-25-17-6-2-5-16(20)10-17/h2-11H,12H2,1H3,(H,23,24). The Morgan fingerprint density at radius 1 is 1.28 bits per heavy atom. The minimum atomic E-state index is -0.166. The number of halogens is 1. The predicted molar refractivity (Wildman–Crippen MR) is 104 cm³/mol. The van der Waals surface area contributed by atoms with Crippen LogP contribution in [-0.2, 0) is 4.79 Å². The molecule has 0 radical (unpaired) electrons. The van der Waals surface area contributed by atoms with Gasteiger partial charge in [0, 0.05) is 21.5 Å². The molecule has 0 saturated carbocycles. The molecule has 1 heterocycles. The molecule has 1 N–H and O–H groups in total. The summed E-state index contributed by atoms with van der Waals surface area (Å²) in [4.78, 5) is 17.2. The summed E-state index contributed by atoms with van der Waals surface area (Å²) < 4.78 is 0. The molecule has 4 nitrogen and oxygen atoms in total. The largest absolute Gasteiger partial charge is 0.272 e. The van der Waals surface area contributed by atoms with Crippen LogP contribution in [0, 0.1) is 6.92 Å². The fraction of sp³-hybridized carbons (Fsp3) is 0.105. The Hall–Kier alpha value is -2.37. The summed E-state index contributed by atoms with van der Waals surface area (Å²) in [6.07, 6.45) is 3.42. The Morgan fingerprint density at radius 2 is 2.16 bits per heavy atom. The van der Waals surface area contributed by atoms with Crippen molar-refractivity contribution in [1.82, 2.24) is 10.4 Å². The van der Waals surface area contributed by atoms with Gasteiger partial charge in [0.1, 0.15) is 0 Å². The van der Waals surface area contributed by atoms with Crippen LogP contribution in [0.3, 0.4) is 0 Å². The van der Waals surface area contributed by atoms with Gasteiger partial charge in [-0.05, 0) is 54.4 Å². The lowest BCUT2D eigenvalue weighted by Gasteiger charge is -2.03. The number of nitrogens with one attached hydrogen (secondary N) is 1. The van der Waals surface area contributed by atoms with Crippen molar-refractivity contribution in [2.75, 3.05) is 5.75 Å².